The maximum Gasteiger partial charge on any atom is 0.295 e. The third kappa shape index (κ3) is 4.52. The van der Waals surface area contributed by atoms with Crippen molar-refractivity contribution in [3.8, 4) is 5.75 Å². The second-order valence-corrected chi connectivity index (χ2v) is 6.99. The van der Waals surface area contributed by atoms with Crippen molar-refractivity contribution in [1.29, 1.82) is 0 Å². The van der Waals surface area contributed by atoms with E-state index in [0.717, 1.165) is 12.8 Å². The van der Waals surface area contributed by atoms with E-state index in [-0.39, 0.29) is 24.5 Å². The average molecular weight is 410 g/mol. The van der Waals surface area contributed by atoms with Gasteiger partial charge in [-0.3, -0.25) is 14.6 Å². The Morgan fingerprint density at radius 3 is 2.43 bits per heavy atom. The zero-order valence-corrected chi connectivity index (χ0v) is 17.2. The molecule has 0 spiro atoms. The molecule has 7 nitrogen and oxygen atoms in total. The van der Waals surface area contributed by atoms with Crippen LogP contribution in [0.25, 0.3) is 5.76 Å². The number of amides is 1. The van der Waals surface area contributed by atoms with Crippen LogP contribution < -0.4 is 4.74 Å². The Morgan fingerprint density at radius 2 is 1.80 bits per heavy atom. The first-order valence-corrected chi connectivity index (χ1v) is 9.99. The van der Waals surface area contributed by atoms with Crippen molar-refractivity contribution in [3.05, 3.63) is 65.5 Å². The topological polar surface area (TPSA) is 89.0 Å². The molecule has 0 saturated carbocycles. The monoisotopic (exact) mass is 410 g/mol. The summed E-state index contributed by atoms with van der Waals surface area (Å²) in [5, 5.41) is 11.0. The summed E-state index contributed by atoms with van der Waals surface area (Å²) in [5.74, 6) is -0.898. The molecule has 30 heavy (non-hydrogen) atoms. The Morgan fingerprint density at radius 1 is 1.10 bits per heavy atom. The molecule has 1 fully saturated rings. The van der Waals surface area contributed by atoms with E-state index in [0.29, 0.717) is 23.5 Å². The zero-order chi connectivity index (χ0) is 21.5. The standard InChI is InChI=1S/C23H26N2O5/c1-3-4-14-30-18-7-5-17(6-8-18)21(26)19-20(16-9-11-24-12-10-16)25(13-15-29-2)23(28)22(19)27/h5-12,20,26H,3-4,13-15H2,1-2H3/t20-/m1/s1. The summed E-state index contributed by atoms with van der Waals surface area (Å²) in [6.07, 6.45) is 5.18. The van der Waals surface area contributed by atoms with E-state index < -0.39 is 17.7 Å². The van der Waals surface area contributed by atoms with Crippen LogP contribution in [0, 0.1) is 0 Å². The van der Waals surface area contributed by atoms with Gasteiger partial charge in [-0.2, -0.15) is 0 Å². The number of ether oxygens (including phenoxy) is 2. The van der Waals surface area contributed by atoms with Gasteiger partial charge < -0.3 is 19.5 Å². The van der Waals surface area contributed by atoms with Gasteiger partial charge in [0, 0.05) is 31.6 Å². The molecule has 2 aromatic rings. The van der Waals surface area contributed by atoms with Crippen LogP contribution in [0.15, 0.2) is 54.4 Å². The molecule has 158 valence electrons. The number of carbonyl (C=O) groups is 2. The van der Waals surface area contributed by atoms with Crippen molar-refractivity contribution in [3.63, 3.8) is 0 Å². The molecule has 1 atom stereocenters. The maximum absolute atomic E-state index is 12.8. The molecule has 0 bridgehead atoms. The first kappa shape index (κ1) is 21.5. The van der Waals surface area contributed by atoms with Gasteiger partial charge in [0.2, 0.25) is 0 Å². The van der Waals surface area contributed by atoms with E-state index in [1.165, 1.54) is 12.0 Å². The van der Waals surface area contributed by atoms with Crippen LogP contribution >= 0.6 is 0 Å². The quantitative estimate of drug-likeness (QED) is 0.295. The summed E-state index contributed by atoms with van der Waals surface area (Å²) < 4.78 is 10.7. The van der Waals surface area contributed by atoms with E-state index in [1.54, 1.807) is 48.8 Å². The van der Waals surface area contributed by atoms with E-state index in [1.807, 2.05) is 0 Å². The summed E-state index contributed by atoms with van der Waals surface area (Å²) in [6.45, 7) is 3.22. The number of rotatable bonds is 9. The van der Waals surface area contributed by atoms with Crippen molar-refractivity contribution in [1.82, 2.24) is 9.88 Å². The third-order valence-electron chi connectivity index (χ3n) is 4.99. The number of hydrogen-bond donors (Lipinski definition) is 1. The smallest absolute Gasteiger partial charge is 0.295 e. The Kier molecular flexibility index (Phi) is 7.19. The predicted octanol–water partition coefficient (Wildman–Crippen LogP) is 3.33. The van der Waals surface area contributed by atoms with Crippen LogP contribution in [0.5, 0.6) is 5.75 Å². The minimum atomic E-state index is -0.714. The molecule has 7 heteroatoms. The van der Waals surface area contributed by atoms with Crippen molar-refractivity contribution in [2.24, 2.45) is 0 Å². The molecule has 1 saturated heterocycles. The van der Waals surface area contributed by atoms with Gasteiger partial charge in [0.25, 0.3) is 11.7 Å². The molecule has 1 aliphatic rings. The van der Waals surface area contributed by atoms with E-state index in [2.05, 4.69) is 11.9 Å². The van der Waals surface area contributed by atoms with Gasteiger partial charge in [0.15, 0.2) is 0 Å². The van der Waals surface area contributed by atoms with Crippen molar-refractivity contribution in [2.75, 3.05) is 26.9 Å². The number of pyridine rings is 1. The minimum absolute atomic E-state index is 0.0574. The predicted molar refractivity (Wildman–Crippen MR) is 112 cm³/mol. The number of likely N-dealkylation sites (tertiary alicyclic amines) is 1. The van der Waals surface area contributed by atoms with Gasteiger partial charge in [-0.15, -0.1) is 0 Å². The second kappa shape index (κ2) is 10.0. The highest BCUT2D eigenvalue weighted by atomic mass is 16.5. The van der Waals surface area contributed by atoms with E-state index in [9.17, 15) is 14.7 Å². The number of nitrogens with zero attached hydrogens (tertiary/aromatic N) is 2. The number of unbranched alkanes of at least 4 members (excludes halogenated alkanes) is 1. The van der Waals surface area contributed by atoms with E-state index >= 15 is 0 Å². The average Bonchev–Trinajstić information content (AvgIpc) is 3.03. The molecule has 2 heterocycles. The highest BCUT2D eigenvalue weighted by molar-refractivity contribution is 6.46. The number of ketones is 1. The third-order valence-corrected chi connectivity index (χ3v) is 4.99. The molecular formula is C23H26N2O5. The van der Waals surface area contributed by atoms with Gasteiger partial charge >= 0.3 is 0 Å². The molecule has 3 rings (SSSR count). The van der Waals surface area contributed by atoms with Crippen molar-refractivity contribution < 1.29 is 24.2 Å². The van der Waals surface area contributed by atoms with Gasteiger partial charge in [0.05, 0.1) is 24.8 Å². The van der Waals surface area contributed by atoms with Gasteiger partial charge in [0.1, 0.15) is 11.5 Å². The highest BCUT2D eigenvalue weighted by Crippen LogP contribution is 2.39. The lowest BCUT2D eigenvalue weighted by Crippen LogP contribution is -2.32. The summed E-state index contributed by atoms with van der Waals surface area (Å²) in [6, 6.07) is 9.61. The Labute approximate surface area is 175 Å². The summed E-state index contributed by atoms with van der Waals surface area (Å²) >= 11 is 0. The lowest BCUT2D eigenvalue weighted by atomic mass is 9.96. The highest BCUT2D eigenvalue weighted by Gasteiger charge is 2.45. The number of carbonyl (C=O) groups excluding carboxylic acids is 2. The number of Topliss-reactive ketones (excluding diaryl/α,β-unsaturated/α-hetero) is 1. The Balaban J connectivity index is 1.98. The molecule has 1 amide bonds. The van der Waals surface area contributed by atoms with Crippen molar-refractivity contribution >= 4 is 17.4 Å². The molecule has 0 unspecified atom stereocenters. The van der Waals surface area contributed by atoms with E-state index in [4.69, 9.17) is 9.47 Å². The van der Waals surface area contributed by atoms with Gasteiger partial charge in [-0.05, 0) is 48.4 Å². The first-order valence-electron chi connectivity index (χ1n) is 9.99. The SMILES string of the molecule is CCCCOc1ccc(C(O)=C2C(=O)C(=O)N(CCOC)[C@@H]2c2ccncc2)cc1. The largest absolute Gasteiger partial charge is 0.507 e. The fraction of sp³-hybridized carbons (Fsp3) is 0.348. The number of hydrogen-bond acceptors (Lipinski definition) is 6. The number of methoxy groups -OCH3 is 1. The van der Waals surface area contributed by atoms with Crippen LogP contribution in [-0.4, -0.2) is 53.5 Å². The number of aliphatic hydroxyl groups is 1. The first-order chi connectivity index (χ1) is 14.6. The summed E-state index contributed by atoms with van der Waals surface area (Å²) in [7, 11) is 1.53. The molecule has 1 N–H and O–H groups in total. The fourth-order valence-corrected chi connectivity index (χ4v) is 3.39. The van der Waals surface area contributed by atoms with Crippen LogP contribution in [0.3, 0.4) is 0 Å². The Hall–Kier alpha value is -3.19. The molecule has 0 radical (unpaired) electrons. The summed E-state index contributed by atoms with van der Waals surface area (Å²) in [5.41, 5.74) is 1.20. The number of aliphatic hydroxyl groups excluding tert-OH is 1. The fourth-order valence-electron chi connectivity index (χ4n) is 3.39. The lowest BCUT2D eigenvalue weighted by molar-refractivity contribution is -0.140. The second-order valence-electron chi connectivity index (χ2n) is 6.99. The molecule has 1 aromatic carbocycles. The zero-order valence-electron chi connectivity index (χ0n) is 17.2. The molecule has 0 aliphatic carbocycles. The molecule has 1 aromatic heterocycles. The Bertz CT molecular complexity index is 909. The van der Waals surface area contributed by atoms with Crippen molar-refractivity contribution in [2.45, 2.75) is 25.8 Å². The van der Waals surface area contributed by atoms with Gasteiger partial charge in [-0.1, -0.05) is 13.3 Å². The molecular weight excluding hydrogens is 384 g/mol. The minimum Gasteiger partial charge on any atom is -0.507 e. The summed E-state index contributed by atoms with van der Waals surface area (Å²) in [4.78, 5) is 30.9. The number of benzene rings is 1. The molecule has 1 aliphatic heterocycles. The lowest BCUT2D eigenvalue weighted by Gasteiger charge is -2.24. The normalized spacial score (nSPS) is 18.1. The van der Waals surface area contributed by atoms with Crippen LogP contribution in [0.1, 0.15) is 36.9 Å². The number of aromatic nitrogens is 1. The maximum atomic E-state index is 12.8. The van der Waals surface area contributed by atoms with Gasteiger partial charge in [-0.25, -0.2) is 0 Å². The van der Waals surface area contributed by atoms with Crippen LogP contribution in [0.2, 0.25) is 0 Å². The van der Waals surface area contributed by atoms with Crippen LogP contribution in [0.4, 0.5) is 0 Å². The van der Waals surface area contributed by atoms with Crippen LogP contribution in [-0.2, 0) is 14.3 Å².